The average Bonchev–Trinajstić information content (AvgIpc) is 3.18. The number of aliphatic carboxylic acids is 1. The number of alkyl halides is 3. The highest BCUT2D eigenvalue weighted by atomic mass is 19.4. The lowest BCUT2D eigenvalue weighted by molar-refractivity contribution is -0.192. The fourth-order valence-corrected chi connectivity index (χ4v) is 4.24. The van der Waals surface area contributed by atoms with Gasteiger partial charge in [0.15, 0.2) is 0 Å². The second kappa shape index (κ2) is 10.1. The standard InChI is InChI=1S/C19H25FN2O3.C2HF3O2/c20-16-3-1-15(2-4-16)18(23)22-7-5-19(6-8-22)13-17(14-25-19)21-9-11-24-12-10-21;3-2(4,5)1(6)7/h1-4,17H,5-14H2;(H,6,7). The van der Waals surface area contributed by atoms with Crippen LogP contribution >= 0.6 is 0 Å². The molecule has 1 amide bonds. The molecule has 3 saturated heterocycles. The Labute approximate surface area is 182 Å². The molecule has 1 aromatic rings. The van der Waals surface area contributed by atoms with Crippen LogP contribution in [-0.2, 0) is 14.3 Å². The number of piperidine rings is 1. The molecule has 0 bridgehead atoms. The summed E-state index contributed by atoms with van der Waals surface area (Å²) in [4.78, 5) is 25.8. The predicted molar refractivity (Wildman–Crippen MR) is 105 cm³/mol. The number of carboxylic acid groups (broad SMARTS) is 1. The Balaban J connectivity index is 0.000000360. The third-order valence-electron chi connectivity index (χ3n) is 6.05. The van der Waals surface area contributed by atoms with Crippen molar-refractivity contribution in [3.05, 3.63) is 35.6 Å². The number of benzene rings is 1. The van der Waals surface area contributed by atoms with Crippen LogP contribution in [0.5, 0.6) is 0 Å². The van der Waals surface area contributed by atoms with Crippen LogP contribution in [0, 0.1) is 5.82 Å². The minimum absolute atomic E-state index is 0.0161. The van der Waals surface area contributed by atoms with E-state index in [1.54, 1.807) is 12.1 Å². The Morgan fingerprint density at radius 3 is 2.12 bits per heavy atom. The van der Waals surface area contributed by atoms with Gasteiger partial charge in [0, 0.05) is 37.8 Å². The van der Waals surface area contributed by atoms with E-state index >= 15 is 0 Å². The second-order valence-corrected chi connectivity index (χ2v) is 8.10. The number of carbonyl (C=O) groups excluding carboxylic acids is 1. The molecule has 0 radical (unpaired) electrons. The van der Waals surface area contributed by atoms with Gasteiger partial charge in [0.1, 0.15) is 5.82 Å². The van der Waals surface area contributed by atoms with Crippen LogP contribution in [0.25, 0.3) is 0 Å². The van der Waals surface area contributed by atoms with Crippen LogP contribution in [0.2, 0.25) is 0 Å². The van der Waals surface area contributed by atoms with Crippen molar-refractivity contribution in [2.45, 2.75) is 37.1 Å². The molecular formula is C21H26F4N2O5. The first-order chi connectivity index (χ1) is 15.1. The average molecular weight is 462 g/mol. The quantitative estimate of drug-likeness (QED) is 0.681. The summed E-state index contributed by atoms with van der Waals surface area (Å²) in [5.74, 6) is -3.09. The van der Waals surface area contributed by atoms with E-state index < -0.39 is 12.1 Å². The molecule has 3 aliphatic rings. The molecule has 32 heavy (non-hydrogen) atoms. The molecule has 3 heterocycles. The van der Waals surface area contributed by atoms with E-state index in [0.29, 0.717) is 24.7 Å². The molecule has 11 heteroatoms. The zero-order chi connectivity index (χ0) is 23.4. The second-order valence-electron chi connectivity index (χ2n) is 8.10. The number of ether oxygens (including phenoxy) is 2. The van der Waals surface area contributed by atoms with E-state index in [4.69, 9.17) is 19.4 Å². The van der Waals surface area contributed by atoms with E-state index in [2.05, 4.69) is 4.90 Å². The Bertz CT molecular complexity index is 788. The maximum absolute atomic E-state index is 13.0. The SMILES string of the molecule is O=C(O)C(F)(F)F.O=C(c1ccc(F)cc1)N1CCC2(CC1)CC(N1CCOCC1)CO2. The van der Waals surface area contributed by atoms with Gasteiger partial charge < -0.3 is 19.5 Å². The summed E-state index contributed by atoms with van der Waals surface area (Å²) in [5, 5.41) is 7.12. The highest BCUT2D eigenvalue weighted by Gasteiger charge is 2.45. The highest BCUT2D eigenvalue weighted by molar-refractivity contribution is 5.94. The van der Waals surface area contributed by atoms with Crippen LogP contribution < -0.4 is 0 Å². The number of nitrogens with zero attached hydrogens (tertiary/aromatic N) is 2. The normalized spacial score (nSPS) is 23.5. The zero-order valence-electron chi connectivity index (χ0n) is 17.4. The Morgan fingerprint density at radius 2 is 1.59 bits per heavy atom. The number of carbonyl (C=O) groups is 2. The van der Waals surface area contributed by atoms with E-state index in [1.807, 2.05) is 4.90 Å². The summed E-state index contributed by atoms with van der Waals surface area (Å²) in [5.41, 5.74) is 0.471. The molecule has 1 N–H and O–H groups in total. The Morgan fingerprint density at radius 1 is 1.03 bits per heavy atom. The van der Waals surface area contributed by atoms with E-state index in [0.717, 1.165) is 52.2 Å². The van der Waals surface area contributed by atoms with Crippen molar-refractivity contribution in [1.29, 1.82) is 0 Å². The smallest absolute Gasteiger partial charge is 0.475 e. The Kier molecular flexibility index (Phi) is 7.73. The van der Waals surface area contributed by atoms with Gasteiger partial charge in [0.25, 0.3) is 5.91 Å². The van der Waals surface area contributed by atoms with Gasteiger partial charge >= 0.3 is 12.1 Å². The molecule has 0 aliphatic carbocycles. The molecule has 1 atom stereocenters. The molecule has 4 rings (SSSR count). The van der Waals surface area contributed by atoms with Crippen molar-refractivity contribution >= 4 is 11.9 Å². The number of amides is 1. The highest BCUT2D eigenvalue weighted by Crippen LogP contribution is 2.38. The fourth-order valence-electron chi connectivity index (χ4n) is 4.24. The summed E-state index contributed by atoms with van der Waals surface area (Å²) in [6.07, 6.45) is -2.28. The first-order valence-electron chi connectivity index (χ1n) is 10.4. The van der Waals surface area contributed by atoms with E-state index in [-0.39, 0.29) is 17.3 Å². The van der Waals surface area contributed by atoms with Gasteiger partial charge in [-0.25, -0.2) is 9.18 Å². The van der Waals surface area contributed by atoms with Crippen molar-refractivity contribution in [3.63, 3.8) is 0 Å². The molecule has 178 valence electrons. The molecule has 1 unspecified atom stereocenters. The van der Waals surface area contributed by atoms with E-state index in [1.165, 1.54) is 12.1 Å². The lowest BCUT2D eigenvalue weighted by atomic mass is 9.86. The minimum atomic E-state index is -5.08. The number of likely N-dealkylation sites (tertiary alicyclic amines) is 1. The van der Waals surface area contributed by atoms with Crippen molar-refractivity contribution in [2.75, 3.05) is 46.0 Å². The molecule has 7 nitrogen and oxygen atoms in total. The first kappa shape index (κ1) is 24.4. The van der Waals surface area contributed by atoms with Gasteiger partial charge in [-0.3, -0.25) is 9.69 Å². The minimum Gasteiger partial charge on any atom is -0.475 e. The van der Waals surface area contributed by atoms with Gasteiger partial charge in [0.2, 0.25) is 0 Å². The number of morpholine rings is 1. The summed E-state index contributed by atoms with van der Waals surface area (Å²) < 4.78 is 56.4. The molecular weight excluding hydrogens is 436 g/mol. The van der Waals surface area contributed by atoms with E-state index in [9.17, 15) is 22.4 Å². The topological polar surface area (TPSA) is 79.3 Å². The Hall–Kier alpha value is -2.24. The van der Waals surface area contributed by atoms with Gasteiger partial charge in [-0.2, -0.15) is 13.2 Å². The van der Waals surface area contributed by atoms with Crippen molar-refractivity contribution in [2.24, 2.45) is 0 Å². The summed E-state index contributed by atoms with van der Waals surface area (Å²) in [6, 6.07) is 6.27. The number of hydrogen-bond acceptors (Lipinski definition) is 5. The first-order valence-corrected chi connectivity index (χ1v) is 10.4. The van der Waals surface area contributed by atoms with Crippen LogP contribution in [0.4, 0.5) is 17.6 Å². The fraction of sp³-hybridized carbons (Fsp3) is 0.619. The van der Waals surface area contributed by atoms with Gasteiger partial charge in [-0.1, -0.05) is 0 Å². The molecule has 3 aliphatic heterocycles. The third-order valence-corrected chi connectivity index (χ3v) is 6.05. The van der Waals surface area contributed by atoms with Crippen LogP contribution in [0.1, 0.15) is 29.6 Å². The van der Waals surface area contributed by atoms with Gasteiger partial charge in [-0.05, 0) is 43.5 Å². The summed E-state index contributed by atoms with van der Waals surface area (Å²) in [7, 11) is 0. The number of carboxylic acids is 1. The molecule has 3 fully saturated rings. The monoisotopic (exact) mass is 462 g/mol. The lowest BCUT2D eigenvalue weighted by Crippen LogP contribution is -2.48. The summed E-state index contributed by atoms with van der Waals surface area (Å²) in [6.45, 7) is 5.77. The lowest BCUT2D eigenvalue weighted by Gasteiger charge is -2.39. The number of hydrogen-bond donors (Lipinski definition) is 1. The maximum atomic E-state index is 13.0. The van der Waals surface area contributed by atoms with Crippen molar-refractivity contribution < 1.29 is 41.7 Å². The van der Waals surface area contributed by atoms with Crippen LogP contribution in [-0.4, -0.2) is 90.6 Å². The zero-order valence-corrected chi connectivity index (χ0v) is 17.4. The molecule has 0 aromatic heterocycles. The summed E-state index contributed by atoms with van der Waals surface area (Å²) >= 11 is 0. The predicted octanol–water partition coefficient (Wildman–Crippen LogP) is 2.55. The van der Waals surface area contributed by atoms with Crippen LogP contribution in [0.3, 0.4) is 0 Å². The van der Waals surface area contributed by atoms with Gasteiger partial charge in [0.05, 0.1) is 25.4 Å². The largest absolute Gasteiger partial charge is 0.490 e. The molecule has 1 spiro atoms. The van der Waals surface area contributed by atoms with Crippen LogP contribution in [0.15, 0.2) is 24.3 Å². The maximum Gasteiger partial charge on any atom is 0.490 e. The van der Waals surface area contributed by atoms with Gasteiger partial charge in [-0.15, -0.1) is 0 Å². The number of rotatable bonds is 2. The molecule has 0 saturated carbocycles. The molecule has 1 aromatic carbocycles. The number of halogens is 4. The van der Waals surface area contributed by atoms with Crippen molar-refractivity contribution in [1.82, 2.24) is 9.80 Å². The van der Waals surface area contributed by atoms with Crippen molar-refractivity contribution in [3.8, 4) is 0 Å². The third kappa shape index (κ3) is 6.17.